The quantitative estimate of drug-likeness (QED) is 0.0707. The molecule has 2 saturated heterocycles. The number of rotatable bonds is 10. The van der Waals surface area contributed by atoms with E-state index in [2.05, 4.69) is 29.7 Å². The number of hydrogen-bond acceptors (Lipinski definition) is 13. The van der Waals surface area contributed by atoms with Crippen LogP contribution in [0.25, 0.3) is 11.0 Å². The number of pyridine rings is 1. The summed E-state index contributed by atoms with van der Waals surface area (Å²) in [6.45, 7) is 4.48. The number of amides is 2. The second kappa shape index (κ2) is 12.5. The summed E-state index contributed by atoms with van der Waals surface area (Å²) >= 11 is 2.09. The van der Waals surface area contributed by atoms with Crippen LogP contribution >= 0.6 is 23.3 Å². The van der Waals surface area contributed by atoms with Crippen molar-refractivity contribution in [2.75, 3.05) is 30.3 Å². The van der Waals surface area contributed by atoms with Crippen LogP contribution in [-0.4, -0.2) is 94.4 Å². The Kier molecular flexibility index (Phi) is 8.53. The number of carbonyl (C=O) groups excluding carboxylic acids is 2. The van der Waals surface area contributed by atoms with Gasteiger partial charge in [0.15, 0.2) is 17.9 Å². The molecule has 248 valence electrons. The Morgan fingerprint density at radius 3 is 2.66 bits per heavy atom. The van der Waals surface area contributed by atoms with Gasteiger partial charge in [-0.2, -0.15) is 13.9 Å². The fraction of sp³-hybridized carbons (Fsp3) is 0.429. The average Bonchev–Trinajstić information content (AvgIpc) is 3.62. The molecular weight excluding hydrogens is 653 g/mol. The first-order valence-corrected chi connectivity index (χ1v) is 16.5. The lowest BCUT2D eigenvalue weighted by Crippen LogP contribution is -2.71. The van der Waals surface area contributed by atoms with Crippen LogP contribution in [0.2, 0.25) is 0 Å². The van der Waals surface area contributed by atoms with Crippen molar-refractivity contribution in [2.24, 2.45) is 5.16 Å². The molecule has 3 aromatic heterocycles. The molecule has 3 aliphatic heterocycles. The van der Waals surface area contributed by atoms with Crippen molar-refractivity contribution in [1.82, 2.24) is 29.5 Å². The summed E-state index contributed by atoms with van der Waals surface area (Å²) in [6, 6.07) is 4.93. The number of aromatic nitrogens is 4. The zero-order valence-corrected chi connectivity index (χ0v) is 27.0. The summed E-state index contributed by atoms with van der Waals surface area (Å²) in [5.74, 6) is -3.48. The van der Waals surface area contributed by atoms with Crippen molar-refractivity contribution < 1.29 is 38.8 Å². The second-order valence-corrected chi connectivity index (χ2v) is 13.6. The van der Waals surface area contributed by atoms with Crippen molar-refractivity contribution in [2.45, 2.75) is 56.3 Å². The summed E-state index contributed by atoms with van der Waals surface area (Å²) in [7, 11) is 0. The number of oxime groups is 1. The maximum absolute atomic E-state index is 13.4. The number of β-lactam (4-membered cyclic amide) rings is 1. The minimum absolute atomic E-state index is 0.0228. The van der Waals surface area contributed by atoms with Gasteiger partial charge in [-0.25, -0.2) is 9.59 Å². The number of thioether (sulfide) groups is 1. The monoisotopic (exact) mass is 685 g/mol. The van der Waals surface area contributed by atoms with Crippen LogP contribution in [0.3, 0.4) is 0 Å². The Bertz CT molecular complexity index is 1850. The molecule has 0 bridgehead atoms. The highest BCUT2D eigenvalue weighted by atomic mass is 32.2. The number of aliphatic carboxylic acids is 2. The predicted molar refractivity (Wildman–Crippen MR) is 171 cm³/mol. The Hall–Kier alpha value is -4.75. The van der Waals surface area contributed by atoms with Gasteiger partial charge in [0, 0.05) is 35.0 Å². The van der Waals surface area contributed by atoms with Crippen molar-refractivity contribution in [1.29, 1.82) is 0 Å². The van der Waals surface area contributed by atoms with Gasteiger partial charge >= 0.3 is 11.9 Å². The summed E-state index contributed by atoms with van der Waals surface area (Å²) in [6.07, 6.45) is 3.74. The number of nitrogens with two attached hydrogens (primary N) is 2. The number of hydrogen-bond donors (Lipinski definition) is 6. The van der Waals surface area contributed by atoms with E-state index in [1.807, 2.05) is 29.0 Å². The van der Waals surface area contributed by atoms with Gasteiger partial charge in [-0.05, 0) is 45.8 Å². The SMILES string of the molecule is CC(C)(O/N=C(\C(=O)N[C@@H]1C(=O)N2C(C(=O)O)=C(C[n+]3cccc4c3cc(N)n4C3CCNCC3)CS[C@H]12)c1nsc(N)n1)C(=O)O. The van der Waals surface area contributed by atoms with Gasteiger partial charge in [0.25, 0.3) is 11.8 Å². The predicted octanol–water partition coefficient (Wildman–Crippen LogP) is -0.108. The lowest BCUT2D eigenvalue weighted by atomic mass is 10.0. The van der Waals surface area contributed by atoms with Crippen LogP contribution in [0.4, 0.5) is 10.9 Å². The Morgan fingerprint density at radius 1 is 1.26 bits per heavy atom. The van der Waals surface area contributed by atoms with Crippen molar-refractivity contribution in [3.63, 3.8) is 0 Å². The molecule has 2 fully saturated rings. The van der Waals surface area contributed by atoms with E-state index >= 15 is 0 Å². The number of carbonyl (C=O) groups is 4. The largest absolute Gasteiger partial charge is 0.478 e. The number of carboxylic acid groups (broad SMARTS) is 2. The lowest BCUT2D eigenvalue weighted by molar-refractivity contribution is -0.663. The summed E-state index contributed by atoms with van der Waals surface area (Å²) in [5, 5.41) is 28.6. The molecule has 2 atom stereocenters. The van der Waals surface area contributed by atoms with Crippen molar-refractivity contribution in [3.8, 4) is 0 Å². The number of anilines is 2. The van der Waals surface area contributed by atoms with Crippen LogP contribution in [0.5, 0.6) is 0 Å². The molecule has 0 aliphatic carbocycles. The van der Waals surface area contributed by atoms with Crippen LogP contribution < -0.4 is 26.7 Å². The molecular formula is C28H33N10O7S2+. The first-order chi connectivity index (χ1) is 22.4. The normalized spacial score (nSPS) is 20.6. The highest BCUT2D eigenvalue weighted by molar-refractivity contribution is 8.00. The molecule has 2 amide bonds. The lowest BCUT2D eigenvalue weighted by Gasteiger charge is -2.49. The van der Waals surface area contributed by atoms with E-state index in [0.717, 1.165) is 48.5 Å². The number of nitrogen functional groups attached to an aromatic ring is 2. The molecule has 6 heterocycles. The Balaban J connectivity index is 1.24. The highest BCUT2D eigenvalue weighted by Crippen LogP contribution is 2.40. The van der Waals surface area contributed by atoms with Gasteiger partial charge in [-0.1, -0.05) is 5.16 Å². The van der Waals surface area contributed by atoms with Crippen LogP contribution in [0.15, 0.2) is 40.8 Å². The van der Waals surface area contributed by atoms with E-state index in [4.69, 9.17) is 16.3 Å². The summed E-state index contributed by atoms with van der Waals surface area (Å²) in [5.41, 5.74) is 12.0. The molecule has 8 N–H and O–H groups in total. The van der Waals surface area contributed by atoms with Gasteiger partial charge in [0.1, 0.15) is 28.4 Å². The molecule has 17 nitrogen and oxygen atoms in total. The van der Waals surface area contributed by atoms with Gasteiger partial charge in [-0.15, -0.1) is 11.8 Å². The van der Waals surface area contributed by atoms with E-state index in [1.165, 1.54) is 30.5 Å². The first-order valence-electron chi connectivity index (χ1n) is 14.7. The Labute approximate surface area is 275 Å². The summed E-state index contributed by atoms with van der Waals surface area (Å²) in [4.78, 5) is 61.0. The fourth-order valence-electron chi connectivity index (χ4n) is 5.80. The zero-order valence-electron chi connectivity index (χ0n) is 25.4. The zero-order chi connectivity index (χ0) is 33.6. The topological polar surface area (TPSA) is 244 Å². The van der Waals surface area contributed by atoms with E-state index in [1.54, 1.807) is 0 Å². The number of carboxylic acids is 2. The van der Waals surface area contributed by atoms with Gasteiger partial charge in [0.2, 0.25) is 22.7 Å². The molecule has 0 unspecified atom stereocenters. The minimum atomic E-state index is -1.79. The average molecular weight is 686 g/mol. The van der Waals surface area contributed by atoms with Crippen LogP contribution in [-0.2, 0) is 30.6 Å². The molecule has 19 heteroatoms. The van der Waals surface area contributed by atoms with Crippen LogP contribution in [0.1, 0.15) is 38.6 Å². The third kappa shape index (κ3) is 5.96. The fourth-order valence-corrected chi connectivity index (χ4v) is 7.57. The third-order valence-corrected chi connectivity index (χ3v) is 10.1. The van der Waals surface area contributed by atoms with Gasteiger partial charge in [0.05, 0.1) is 6.07 Å². The second-order valence-electron chi connectivity index (χ2n) is 11.7. The molecule has 0 aromatic carbocycles. The molecule has 3 aromatic rings. The molecule has 0 radical (unpaired) electrons. The third-order valence-electron chi connectivity index (χ3n) is 8.23. The number of nitrogens with zero attached hydrogens (tertiary/aromatic N) is 6. The van der Waals surface area contributed by atoms with Crippen LogP contribution in [0, 0.1) is 0 Å². The number of nitrogens with one attached hydrogen (secondary N) is 2. The molecule has 6 rings (SSSR count). The molecule has 47 heavy (non-hydrogen) atoms. The number of fused-ring (bicyclic) bond motifs is 2. The standard InChI is InChI=1S/C28H32N10O7S2/c1-28(2,26(43)44)45-34-18(21-33-27(30)47-35-21)22(39)32-19-23(40)38-20(25(41)42)13(12-46-24(19)38)11-36-9-3-4-15-16(36)10-17(29)37(15)14-5-7-31-8-6-14/h3-4,9-10,14,19,24,29,31H,5-8,11-12H2,1-2H3,(H5,30,32,33,35,39,41,42,43,44)/p+1/b34-18-/t19-,24-/m1/s1. The van der Waals surface area contributed by atoms with E-state index in [-0.39, 0.29) is 35.0 Å². The highest BCUT2D eigenvalue weighted by Gasteiger charge is 2.55. The molecule has 0 saturated carbocycles. The van der Waals surface area contributed by atoms with E-state index < -0.39 is 46.5 Å². The van der Waals surface area contributed by atoms with Gasteiger partial charge < -0.3 is 41.7 Å². The Morgan fingerprint density at radius 2 is 2.00 bits per heavy atom. The summed E-state index contributed by atoms with van der Waals surface area (Å²) < 4.78 is 8.03. The maximum Gasteiger partial charge on any atom is 0.352 e. The molecule has 3 aliphatic rings. The van der Waals surface area contributed by atoms with Crippen molar-refractivity contribution in [3.05, 3.63) is 41.5 Å². The number of piperidine rings is 1. The molecule has 0 spiro atoms. The van der Waals surface area contributed by atoms with Gasteiger partial charge in [-0.3, -0.25) is 14.5 Å². The van der Waals surface area contributed by atoms with E-state index in [9.17, 15) is 29.4 Å². The first kappa shape index (κ1) is 32.2. The van der Waals surface area contributed by atoms with Crippen molar-refractivity contribution >= 4 is 74.7 Å². The minimum Gasteiger partial charge on any atom is -0.478 e. The van der Waals surface area contributed by atoms with E-state index in [0.29, 0.717) is 11.4 Å². The smallest absolute Gasteiger partial charge is 0.352 e. The maximum atomic E-state index is 13.4.